The van der Waals surface area contributed by atoms with Gasteiger partial charge in [-0.1, -0.05) is 0 Å². The molecule has 0 aliphatic rings. The number of aromatic nitrogens is 2. The molecule has 0 radical (unpaired) electrons. The van der Waals surface area contributed by atoms with Gasteiger partial charge in [0.1, 0.15) is 6.07 Å². The van der Waals surface area contributed by atoms with Crippen LogP contribution in [0.4, 0.5) is 17.3 Å². The number of sulfonamides is 2. The van der Waals surface area contributed by atoms with Gasteiger partial charge in [0.15, 0.2) is 0 Å². The van der Waals surface area contributed by atoms with E-state index in [0.717, 1.165) is 0 Å². The first-order valence-electron chi connectivity index (χ1n) is 9.16. The van der Waals surface area contributed by atoms with Crippen LogP contribution in [0.3, 0.4) is 0 Å². The zero-order valence-electron chi connectivity index (χ0n) is 17.1. The maximum atomic E-state index is 12.4. The molecule has 0 saturated carbocycles. The zero-order chi connectivity index (χ0) is 24.8. The normalized spacial score (nSPS) is 11.8. The van der Waals surface area contributed by atoms with Crippen LogP contribution in [0.1, 0.15) is 0 Å². The van der Waals surface area contributed by atoms with E-state index in [1.165, 1.54) is 60.9 Å². The topological polar surface area (TPSA) is 209 Å². The molecule has 13 nitrogen and oxygen atoms in total. The van der Waals surface area contributed by atoms with Crippen molar-refractivity contribution in [2.24, 2.45) is 10.2 Å². The van der Waals surface area contributed by atoms with Crippen molar-refractivity contribution >= 4 is 49.0 Å². The monoisotopic (exact) mass is 500 g/mol. The second-order valence-electron chi connectivity index (χ2n) is 6.41. The molecule has 3 rings (SSSR count). The highest BCUT2D eigenvalue weighted by atomic mass is 32.2. The fourth-order valence-electron chi connectivity index (χ4n) is 2.40. The summed E-state index contributed by atoms with van der Waals surface area (Å²) in [7, 11) is -7.81. The van der Waals surface area contributed by atoms with Gasteiger partial charge in [0.05, 0.1) is 15.5 Å². The molecule has 174 valence electrons. The van der Waals surface area contributed by atoms with Gasteiger partial charge in [0.25, 0.3) is 15.9 Å². The average Bonchev–Trinajstić information content (AvgIpc) is 2.80. The lowest BCUT2D eigenvalue weighted by Crippen LogP contribution is -2.22. The second-order valence-corrected chi connectivity index (χ2v) is 9.65. The quantitative estimate of drug-likeness (QED) is 0.255. The van der Waals surface area contributed by atoms with Crippen LogP contribution in [0.15, 0.2) is 81.9 Å². The number of nitrogens with zero attached hydrogens (tertiary/aromatic N) is 4. The fraction of sp³-hybridized carbons (Fsp3) is 0. The first-order chi connectivity index (χ1) is 16.1. The third kappa shape index (κ3) is 6.32. The molecule has 3 aromatic rings. The lowest BCUT2D eigenvalue weighted by Gasteiger charge is -2.07. The molecule has 0 aliphatic carbocycles. The maximum Gasteiger partial charge on any atom is 0.287 e. The summed E-state index contributed by atoms with van der Waals surface area (Å²) in [5.74, 6) is -0.942. The van der Waals surface area contributed by atoms with Crippen LogP contribution >= 0.6 is 0 Å². The Balaban J connectivity index is 1.66. The van der Waals surface area contributed by atoms with E-state index in [1.807, 2.05) is 0 Å². The minimum absolute atomic E-state index is 0.0735. The van der Waals surface area contributed by atoms with Crippen molar-refractivity contribution in [3.63, 3.8) is 0 Å². The van der Waals surface area contributed by atoms with Crippen LogP contribution < -0.4 is 20.6 Å². The molecule has 0 spiro atoms. The predicted octanol–water partition coefficient (Wildman–Crippen LogP) is 0.855. The molecule has 34 heavy (non-hydrogen) atoms. The van der Waals surface area contributed by atoms with Gasteiger partial charge in [-0.05, 0) is 54.6 Å². The number of nitrogens with one attached hydrogen (secondary N) is 3. The molecule has 0 aliphatic heterocycles. The zero-order valence-corrected chi connectivity index (χ0v) is 18.7. The molecular formula is C19H16N8O5S2. The van der Waals surface area contributed by atoms with E-state index in [2.05, 4.69) is 30.5 Å². The van der Waals surface area contributed by atoms with Gasteiger partial charge in [-0.2, -0.15) is 10.4 Å². The highest BCUT2D eigenvalue weighted by molar-refractivity contribution is 7.92. The largest absolute Gasteiger partial charge is 0.320 e. The summed E-state index contributed by atoms with van der Waals surface area (Å²) in [4.78, 5) is 19.6. The van der Waals surface area contributed by atoms with Gasteiger partial charge in [-0.3, -0.25) is 10.2 Å². The Hall–Kier alpha value is -4.39. The molecule has 0 saturated heterocycles. The van der Waals surface area contributed by atoms with E-state index in [0.29, 0.717) is 5.69 Å². The second kappa shape index (κ2) is 10.0. The van der Waals surface area contributed by atoms with Crippen molar-refractivity contribution in [2.45, 2.75) is 9.79 Å². The molecule has 1 heterocycles. The number of amides is 1. The molecule has 15 heteroatoms. The number of hydrogen-bond acceptors (Lipinski definition) is 10. The number of anilines is 3. The van der Waals surface area contributed by atoms with Crippen molar-refractivity contribution in [1.82, 2.24) is 9.97 Å². The Morgan fingerprint density at radius 3 is 2.03 bits per heavy atom. The van der Waals surface area contributed by atoms with E-state index < -0.39 is 31.7 Å². The SMILES string of the molecule is N#CC(=NNc1ccc(S(=O)(=O)Nc2ncccn2)cc1)C(=O)Nc1ccc(S(N)(=O)=O)cc1. The van der Waals surface area contributed by atoms with E-state index in [1.54, 1.807) is 12.1 Å². The third-order valence-electron chi connectivity index (χ3n) is 4.01. The average molecular weight is 501 g/mol. The molecule has 1 aromatic heterocycles. The van der Waals surface area contributed by atoms with Gasteiger partial charge >= 0.3 is 0 Å². The molecule has 2 aromatic carbocycles. The summed E-state index contributed by atoms with van der Waals surface area (Å²) in [6.45, 7) is 0. The van der Waals surface area contributed by atoms with E-state index in [9.17, 15) is 26.9 Å². The van der Waals surface area contributed by atoms with E-state index >= 15 is 0 Å². The number of hydrazone groups is 1. The summed E-state index contributed by atoms with van der Waals surface area (Å²) in [6, 6.07) is 13.5. The summed E-state index contributed by atoms with van der Waals surface area (Å²) in [6.07, 6.45) is 2.77. The molecule has 1 amide bonds. The van der Waals surface area contributed by atoms with Gasteiger partial charge < -0.3 is 5.32 Å². The van der Waals surface area contributed by atoms with Crippen LogP contribution in [0.25, 0.3) is 0 Å². The van der Waals surface area contributed by atoms with Crippen LogP contribution in [0.5, 0.6) is 0 Å². The number of nitrogens with two attached hydrogens (primary N) is 1. The molecule has 0 unspecified atom stereocenters. The number of carbonyl (C=O) groups excluding carboxylic acids is 1. The van der Waals surface area contributed by atoms with Crippen molar-refractivity contribution in [3.8, 4) is 6.07 Å². The first kappa shape index (κ1) is 24.3. The number of carbonyl (C=O) groups is 1. The van der Waals surface area contributed by atoms with Crippen LogP contribution in [-0.4, -0.2) is 38.4 Å². The minimum atomic E-state index is -3.93. The highest BCUT2D eigenvalue weighted by Gasteiger charge is 2.16. The predicted molar refractivity (Wildman–Crippen MR) is 122 cm³/mol. The minimum Gasteiger partial charge on any atom is -0.320 e. The van der Waals surface area contributed by atoms with E-state index in [-0.39, 0.29) is 21.4 Å². The number of rotatable bonds is 8. The van der Waals surface area contributed by atoms with E-state index in [4.69, 9.17) is 5.14 Å². The molecule has 0 atom stereocenters. The molecule has 0 fully saturated rings. The Bertz CT molecular complexity index is 1470. The summed E-state index contributed by atoms with van der Waals surface area (Å²) >= 11 is 0. The van der Waals surface area contributed by atoms with Crippen molar-refractivity contribution in [1.29, 1.82) is 5.26 Å². The van der Waals surface area contributed by atoms with Gasteiger partial charge in [-0.25, -0.2) is 36.7 Å². The maximum absolute atomic E-state index is 12.4. The summed E-state index contributed by atoms with van der Waals surface area (Å²) in [5, 5.41) is 20.3. The highest BCUT2D eigenvalue weighted by Crippen LogP contribution is 2.17. The number of benzene rings is 2. The lowest BCUT2D eigenvalue weighted by molar-refractivity contribution is -0.110. The van der Waals surface area contributed by atoms with Gasteiger partial charge in [0, 0.05) is 18.1 Å². The Morgan fingerprint density at radius 1 is 0.912 bits per heavy atom. The van der Waals surface area contributed by atoms with Crippen molar-refractivity contribution < 1.29 is 21.6 Å². The molecule has 5 N–H and O–H groups in total. The molecular weight excluding hydrogens is 484 g/mol. The first-order valence-corrected chi connectivity index (χ1v) is 12.2. The Kier molecular flexibility index (Phi) is 7.16. The number of hydrogen-bond donors (Lipinski definition) is 4. The van der Waals surface area contributed by atoms with Crippen LogP contribution in [-0.2, 0) is 24.8 Å². The fourth-order valence-corrected chi connectivity index (χ4v) is 3.88. The van der Waals surface area contributed by atoms with Gasteiger partial charge in [-0.15, -0.1) is 0 Å². The van der Waals surface area contributed by atoms with Crippen LogP contribution in [0, 0.1) is 11.3 Å². The third-order valence-corrected chi connectivity index (χ3v) is 6.29. The summed E-state index contributed by atoms with van der Waals surface area (Å²) in [5.41, 5.74) is 2.47. The number of primary sulfonamides is 1. The smallest absolute Gasteiger partial charge is 0.287 e. The lowest BCUT2D eigenvalue weighted by atomic mass is 10.3. The summed E-state index contributed by atoms with van der Waals surface area (Å²) < 4.78 is 49.6. The van der Waals surface area contributed by atoms with Crippen molar-refractivity contribution in [3.05, 3.63) is 67.0 Å². The standard InChI is InChI=1S/C19H16N8O5S2/c20-12-17(18(28)24-13-2-6-15(7-3-13)33(21,29)30)26-25-14-4-8-16(9-5-14)34(31,32)27-19-22-10-1-11-23-19/h1-11,25H,(H,24,28)(H2,21,29,30)(H,22,23,27). The Labute approximate surface area is 194 Å². The van der Waals surface area contributed by atoms with Crippen LogP contribution in [0.2, 0.25) is 0 Å². The Morgan fingerprint density at radius 2 is 1.47 bits per heavy atom. The molecule has 0 bridgehead atoms. The number of nitriles is 1. The van der Waals surface area contributed by atoms with Crippen molar-refractivity contribution in [2.75, 3.05) is 15.5 Å². The van der Waals surface area contributed by atoms with Gasteiger partial charge in [0.2, 0.25) is 21.7 Å².